The Morgan fingerprint density at radius 2 is 1.83 bits per heavy atom. The fraction of sp³-hybridized carbons (Fsp3) is 0.368. The maximum absolute atomic E-state index is 14.2. The summed E-state index contributed by atoms with van der Waals surface area (Å²) in [4.78, 5) is 2.08. The molecule has 128 valence electrons. The van der Waals surface area contributed by atoms with Crippen LogP contribution in [0.2, 0.25) is 0 Å². The third-order valence-corrected chi connectivity index (χ3v) is 5.14. The number of hydrogen-bond acceptors (Lipinski definition) is 3. The van der Waals surface area contributed by atoms with Gasteiger partial charge in [-0.1, -0.05) is 6.92 Å². The van der Waals surface area contributed by atoms with E-state index in [0.717, 1.165) is 25.3 Å². The Morgan fingerprint density at radius 1 is 1.12 bits per heavy atom. The van der Waals surface area contributed by atoms with Crippen molar-refractivity contribution in [2.75, 3.05) is 25.1 Å². The van der Waals surface area contributed by atoms with Crippen molar-refractivity contribution in [1.82, 2.24) is 0 Å². The van der Waals surface area contributed by atoms with E-state index >= 15 is 0 Å². The minimum Gasteiger partial charge on any atom is -0.497 e. The molecule has 1 heterocycles. The lowest BCUT2D eigenvalue weighted by molar-refractivity contribution is 0.121. The summed E-state index contributed by atoms with van der Waals surface area (Å²) in [5.41, 5.74) is 0.605. The molecular formula is C19H21FINO2. The molecule has 1 fully saturated rings. The van der Waals surface area contributed by atoms with Gasteiger partial charge in [-0.2, -0.15) is 0 Å². The Kier molecular flexibility index (Phi) is 5.48. The lowest BCUT2D eigenvalue weighted by Gasteiger charge is -2.38. The molecule has 0 aliphatic carbocycles. The van der Waals surface area contributed by atoms with Crippen molar-refractivity contribution in [3.8, 4) is 11.5 Å². The smallest absolute Gasteiger partial charge is 0.146 e. The highest BCUT2D eigenvalue weighted by Crippen LogP contribution is 2.30. The Bertz CT molecular complexity index is 692. The maximum atomic E-state index is 14.2. The normalized spacial score (nSPS) is 20.8. The van der Waals surface area contributed by atoms with Gasteiger partial charge in [0.1, 0.15) is 23.4 Å². The highest BCUT2D eigenvalue weighted by molar-refractivity contribution is 14.1. The van der Waals surface area contributed by atoms with Crippen molar-refractivity contribution in [3.63, 3.8) is 0 Å². The number of anilines is 1. The van der Waals surface area contributed by atoms with Crippen molar-refractivity contribution in [2.45, 2.75) is 19.4 Å². The molecule has 1 aliphatic rings. The molecule has 2 aromatic carbocycles. The highest BCUT2D eigenvalue weighted by Gasteiger charge is 2.29. The summed E-state index contributed by atoms with van der Waals surface area (Å²) in [7, 11) is 1.60. The van der Waals surface area contributed by atoms with E-state index in [0.29, 0.717) is 17.4 Å². The first-order chi connectivity index (χ1) is 11.6. The van der Waals surface area contributed by atoms with Gasteiger partial charge in [-0.3, -0.25) is 0 Å². The molecule has 24 heavy (non-hydrogen) atoms. The van der Waals surface area contributed by atoms with Crippen LogP contribution in [0.15, 0.2) is 42.5 Å². The molecule has 5 heteroatoms. The molecule has 2 aromatic rings. The van der Waals surface area contributed by atoms with Crippen LogP contribution in [0.25, 0.3) is 0 Å². The van der Waals surface area contributed by atoms with Crippen molar-refractivity contribution in [3.05, 3.63) is 51.9 Å². The lowest BCUT2D eigenvalue weighted by atomic mass is 9.95. The van der Waals surface area contributed by atoms with Crippen molar-refractivity contribution < 1.29 is 13.9 Å². The minimum absolute atomic E-state index is 0.148. The van der Waals surface area contributed by atoms with E-state index in [9.17, 15) is 4.39 Å². The number of ether oxygens (including phenoxy) is 2. The zero-order chi connectivity index (χ0) is 17.1. The number of piperidine rings is 1. The predicted molar refractivity (Wildman–Crippen MR) is 103 cm³/mol. The zero-order valence-electron chi connectivity index (χ0n) is 13.8. The van der Waals surface area contributed by atoms with E-state index in [-0.39, 0.29) is 11.9 Å². The molecule has 0 N–H and O–H groups in total. The average molecular weight is 441 g/mol. The molecule has 0 amide bonds. The summed E-state index contributed by atoms with van der Waals surface area (Å²) in [6.07, 6.45) is 1.01. The van der Waals surface area contributed by atoms with Crippen LogP contribution >= 0.6 is 22.6 Å². The number of benzene rings is 2. The van der Waals surface area contributed by atoms with E-state index in [1.807, 2.05) is 24.3 Å². The van der Waals surface area contributed by atoms with E-state index in [1.165, 1.54) is 9.64 Å². The zero-order valence-corrected chi connectivity index (χ0v) is 16.0. The van der Waals surface area contributed by atoms with E-state index in [1.54, 1.807) is 19.2 Å². The van der Waals surface area contributed by atoms with E-state index in [4.69, 9.17) is 9.47 Å². The fourth-order valence-electron chi connectivity index (χ4n) is 3.07. The second kappa shape index (κ2) is 7.59. The Morgan fingerprint density at radius 3 is 2.50 bits per heavy atom. The van der Waals surface area contributed by atoms with Gasteiger partial charge in [0.15, 0.2) is 0 Å². The van der Waals surface area contributed by atoms with Crippen LogP contribution in [-0.4, -0.2) is 26.3 Å². The fourth-order valence-corrected chi connectivity index (χ4v) is 3.43. The first-order valence-corrected chi connectivity index (χ1v) is 9.15. The standard InChI is InChI=1S/C19H21FINO2/c1-13-12-22(18-11-16(23-2)7-8-17(18)20)10-9-19(13)24-15-5-3-14(21)4-6-15/h3-8,11,13,19H,9-10,12H2,1-2H3. The van der Waals surface area contributed by atoms with Crippen molar-refractivity contribution in [2.24, 2.45) is 5.92 Å². The quantitative estimate of drug-likeness (QED) is 0.641. The lowest BCUT2D eigenvalue weighted by Crippen LogP contribution is -2.44. The van der Waals surface area contributed by atoms with Crippen LogP contribution < -0.4 is 14.4 Å². The van der Waals surface area contributed by atoms with Gasteiger partial charge in [0.25, 0.3) is 0 Å². The van der Waals surface area contributed by atoms with Gasteiger partial charge >= 0.3 is 0 Å². The molecule has 1 aliphatic heterocycles. The molecule has 0 spiro atoms. The van der Waals surface area contributed by atoms with Crippen molar-refractivity contribution >= 4 is 28.3 Å². The summed E-state index contributed by atoms with van der Waals surface area (Å²) in [6, 6.07) is 13.0. The third kappa shape index (κ3) is 3.94. The second-order valence-corrected chi connectivity index (χ2v) is 7.39. The van der Waals surface area contributed by atoms with Gasteiger partial charge in [0.05, 0.1) is 12.8 Å². The molecule has 3 nitrogen and oxygen atoms in total. The van der Waals surface area contributed by atoms with Gasteiger partial charge in [-0.15, -0.1) is 0 Å². The molecule has 3 rings (SSSR count). The van der Waals surface area contributed by atoms with Crippen LogP contribution in [-0.2, 0) is 0 Å². The van der Waals surface area contributed by atoms with Gasteiger partial charge < -0.3 is 14.4 Å². The number of rotatable bonds is 4. The Balaban J connectivity index is 1.68. The highest BCUT2D eigenvalue weighted by atomic mass is 127. The van der Waals surface area contributed by atoms with Gasteiger partial charge in [0, 0.05) is 35.1 Å². The van der Waals surface area contributed by atoms with Crippen LogP contribution in [0.1, 0.15) is 13.3 Å². The second-order valence-electron chi connectivity index (χ2n) is 6.14. The molecule has 2 atom stereocenters. The van der Waals surface area contributed by atoms with Crippen LogP contribution in [0, 0.1) is 15.3 Å². The van der Waals surface area contributed by atoms with Gasteiger partial charge in [-0.25, -0.2) is 4.39 Å². The third-order valence-electron chi connectivity index (χ3n) is 4.42. The summed E-state index contributed by atoms with van der Waals surface area (Å²) in [5.74, 6) is 1.67. The van der Waals surface area contributed by atoms with E-state index in [2.05, 4.69) is 34.4 Å². The summed E-state index contributed by atoms with van der Waals surface area (Å²) >= 11 is 2.28. The number of methoxy groups -OCH3 is 1. The first-order valence-electron chi connectivity index (χ1n) is 8.07. The van der Waals surface area contributed by atoms with Gasteiger partial charge in [0.2, 0.25) is 0 Å². The Hall–Kier alpha value is -1.50. The Labute approximate surface area is 155 Å². The largest absolute Gasteiger partial charge is 0.497 e. The SMILES string of the molecule is COc1ccc(F)c(N2CCC(Oc3ccc(I)cc3)C(C)C2)c1. The summed E-state index contributed by atoms with van der Waals surface area (Å²) in [6.45, 7) is 3.68. The molecule has 0 radical (unpaired) electrons. The summed E-state index contributed by atoms with van der Waals surface area (Å²) in [5, 5.41) is 0. The van der Waals surface area contributed by atoms with Gasteiger partial charge in [-0.05, 0) is 59.0 Å². The van der Waals surface area contributed by atoms with Crippen LogP contribution in [0.3, 0.4) is 0 Å². The van der Waals surface area contributed by atoms with Crippen LogP contribution in [0.5, 0.6) is 11.5 Å². The number of halogens is 2. The molecule has 2 unspecified atom stereocenters. The number of nitrogens with zero attached hydrogens (tertiary/aromatic N) is 1. The molecule has 1 saturated heterocycles. The minimum atomic E-state index is -0.208. The molecule has 0 saturated carbocycles. The van der Waals surface area contributed by atoms with Crippen LogP contribution in [0.4, 0.5) is 10.1 Å². The number of hydrogen-bond donors (Lipinski definition) is 0. The average Bonchev–Trinajstić information content (AvgIpc) is 2.59. The molecular weight excluding hydrogens is 420 g/mol. The predicted octanol–water partition coefficient (Wildman–Crippen LogP) is 4.73. The monoisotopic (exact) mass is 441 g/mol. The van der Waals surface area contributed by atoms with Crippen molar-refractivity contribution in [1.29, 1.82) is 0 Å². The molecule has 0 bridgehead atoms. The maximum Gasteiger partial charge on any atom is 0.146 e. The summed E-state index contributed by atoms with van der Waals surface area (Å²) < 4.78 is 26.7. The topological polar surface area (TPSA) is 21.7 Å². The molecule has 0 aromatic heterocycles. The van der Waals surface area contributed by atoms with E-state index < -0.39 is 0 Å². The first kappa shape index (κ1) is 17.3.